The Morgan fingerprint density at radius 2 is 0.574 bits per heavy atom. The Morgan fingerprint density at radius 1 is 0.353 bits per heavy atom. The third kappa shape index (κ3) is 16.4. The number of hydrogen-bond donors (Lipinski definition) is 4. The molecule has 2 aromatic rings. The minimum absolute atomic E-state index is 0.117. The molecule has 18 nitrogen and oxygen atoms in total. The van der Waals surface area contributed by atoms with Gasteiger partial charge in [-0.05, 0) is 72.9 Å². The fourth-order valence-corrected chi connectivity index (χ4v) is 6.18. The van der Waals surface area contributed by atoms with Crippen LogP contribution in [0.5, 0.6) is 0 Å². The standard InChI is InChI=1S/C48H44N4O10.4O.2U/c53-45-33-9-5-17-41(45)59-25-21-57-23-27-61-43-19-7-11-35(47(43)55)31-51-39-15-3-4-16-40(39)52-32-36-12-8-20-44(48(36)56)62-28-24-58-22-26-60-42-18-6-10-34(46(42)54)30-50-38-14-2-1-13-37(38)49-29-33;;;;;;/h1-20,29-32,49-52H,21-28H2;;;;;;/b33-29-,34-30-,35-31+,36-32?;;;;;;. The number of allylic oxidation sites excluding steroid dienone is 16. The molecule has 5 aliphatic rings. The zero-order valence-electron chi connectivity index (χ0n) is 36.2. The van der Waals surface area contributed by atoms with Crippen molar-refractivity contribution in [1.29, 1.82) is 0 Å². The van der Waals surface area contributed by atoms with Crippen molar-refractivity contribution >= 4 is 45.9 Å². The molecular weight excluding hydrogens is 1330 g/mol. The number of benzene rings is 2. The summed E-state index contributed by atoms with van der Waals surface area (Å²) < 4.78 is 68.6. The average molecular weight is 1380 g/mol. The number of fused-ring (bicyclic) bond motifs is 10. The summed E-state index contributed by atoms with van der Waals surface area (Å²) in [4.78, 5) is 52.9. The van der Waals surface area contributed by atoms with E-state index in [0.717, 1.165) is 0 Å². The molecule has 20 heteroatoms. The first-order valence-corrected chi connectivity index (χ1v) is 27.5. The molecule has 4 N–H and O–H groups in total. The first-order chi connectivity index (χ1) is 33.3. The van der Waals surface area contributed by atoms with Crippen LogP contribution < -0.4 is 21.3 Å². The molecule has 1 aliphatic heterocycles. The van der Waals surface area contributed by atoms with Crippen molar-refractivity contribution < 1.29 is 112 Å². The number of hydrogen-bond acceptors (Lipinski definition) is 18. The number of anilines is 4. The van der Waals surface area contributed by atoms with Crippen molar-refractivity contribution in [1.82, 2.24) is 0 Å². The summed E-state index contributed by atoms with van der Waals surface area (Å²) in [7, 11) is 0. The van der Waals surface area contributed by atoms with Crippen LogP contribution in [0, 0.1) is 55.6 Å². The Kier molecular flexibility index (Phi) is 22.7. The van der Waals surface area contributed by atoms with E-state index >= 15 is 0 Å². The van der Waals surface area contributed by atoms with E-state index in [9.17, 15) is 19.2 Å². The predicted molar refractivity (Wildman–Crippen MR) is 237 cm³/mol. The van der Waals surface area contributed by atoms with Gasteiger partial charge in [-0.1, -0.05) is 48.6 Å². The van der Waals surface area contributed by atoms with E-state index in [2.05, 4.69) is 21.3 Å². The Hall–Kier alpha value is -6.38. The quantitative estimate of drug-likeness (QED) is 0.226. The number of ketones is 4. The van der Waals surface area contributed by atoms with E-state index in [1.165, 1.54) is 0 Å². The number of Topliss-reactive ketones (excluding diaryl/α,β-unsaturated/α-hetero) is 4. The summed E-state index contributed by atoms with van der Waals surface area (Å²) in [6.45, 7) is 1.20. The monoisotopic (exact) mass is 1380 g/mol. The number of rotatable bonds is 0. The molecule has 1 heterocycles. The SMILES string of the molecule is O=C1C2=CNc3ccccc3N/C=C3\C=CC=C(OCCOCCOC4=CC=C/C(=C/Nc5ccccc5N/C=C5/C=CC=C(OCCOCCOC1=CC=C2)C5=O)C4=O)C3=O.[O]=[U]=[O].[O]=[U]=[O]. The van der Waals surface area contributed by atoms with Crippen LogP contribution in [0.25, 0.3) is 0 Å². The van der Waals surface area contributed by atoms with Crippen molar-refractivity contribution in [2.75, 3.05) is 74.1 Å². The van der Waals surface area contributed by atoms with Crippen molar-refractivity contribution in [3.63, 3.8) is 0 Å². The van der Waals surface area contributed by atoms with Gasteiger partial charge in [0.1, 0.15) is 26.4 Å². The topological polar surface area (TPSA) is 240 Å². The maximum atomic E-state index is 13.2. The summed E-state index contributed by atoms with van der Waals surface area (Å²) >= 11 is -5.01. The fraction of sp³-hybridized carbons (Fsp3) is 0.167. The fourth-order valence-electron chi connectivity index (χ4n) is 6.18. The molecule has 7 rings (SSSR count). The molecule has 8 bridgehead atoms. The number of ether oxygens (including phenoxy) is 6. The first-order valence-electron chi connectivity index (χ1n) is 20.7. The van der Waals surface area contributed by atoms with Crippen molar-refractivity contribution in [3.05, 3.63) is 192 Å². The van der Waals surface area contributed by atoms with Crippen LogP contribution in [0.1, 0.15) is 0 Å². The molecular formula is C48H44N4O14U2. The molecule has 2 aromatic carbocycles. The Balaban J connectivity index is 0.00000137. The third-order valence-electron chi connectivity index (χ3n) is 9.37. The van der Waals surface area contributed by atoms with Gasteiger partial charge in [-0.2, -0.15) is 0 Å². The van der Waals surface area contributed by atoms with Crippen LogP contribution in [0.4, 0.5) is 22.7 Å². The van der Waals surface area contributed by atoms with Crippen molar-refractivity contribution in [2.24, 2.45) is 0 Å². The van der Waals surface area contributed by atoms with Crippen LogP contribution in [-0.2, 0) is 56.5 Å². The predicted octanol–water partition coefficient (Wildman–Crippen LogP) is 6.30. The second-order valence-electron chi connectivity index (χ2n) is 13.7. The van der Waals surface area contributed by atoms with Gasteiger partial charge in [0.25, 0.3) is 0 Å². The van der Waals surface area contributed by atoms with Crippen LogP contribution in [0.15, 0.2) is 192 Å². The van der Waals surface area contributed by atoms with E-state index < -0.39 is 55.6 Å². The Morgan fingerprint density at radius 3 is 0.794 bits per heavy atom. The second-order valence-corrected chi connectivity index (χ2v) is 15.1. The number of carbonyl (C=O) groups excluding carboxylic acids is 4. The van der Waals surface area contributed by atoms with Crippen LogP contribution in [-0.4, -0.2) is 76.0 Å². The molecule has 0 radical (unpaired) electrons. The summed E-state index contributed by atoms with van der Waals surface area (Å²) in [5.41, 5.74) is 4.14. The van der Waals surface area contributed by atoms with E-state index in [1.807, 2.05) is 48.5 Å². The van der Waals surface area contributed by atoms with Gasteiger partial charge in [0, 0.05) is 47.1 Å². The molecule has 0 spiro atoms. The Bertz CT molecular complexity index is 2330. The number of nitrogens with one attached hydrogen (secondary N) is 4. The summed E-state index contributed by atoms with van der Waals surface area (Å²) in [6.07, 6.45) is 26.3. The van der Waals surface area contributed by atoms with Gasteiger partial charge in [0.05, 0.1) is 49.2 Å². The van der Waals surface area contributed by atoms with Gasteiger partial charge in [-0.3, -0.25) is 19.2 Å². The molecule has 0 saturated carbocycles. The van der Waals surface area contributed by atoms with Crippen molar-refractivity contribution in [2.45, 2.75) is 0 Å². The molecule has 0 fully saturated rings. The van der Waals surface area contributed by atoms with E-state index in [-0.39, 0.29) is 99.0 Å². The van der Waals surface area contributed by atoms with Gasteiger partial charge in [0.15, 0.2) is 23.0 Å². The van der Waals surface area contributed by atoms with Crippen LogP contribution in [0.3, 0.4) is 0 Å². The summed E-state index contributed by atoms with van der Waals surface area (Å²) in [6, 6.07) is 14.7. The molecule has 0 saturated heterocycles. The molecule has 4 aliphatic carbocycles. The summed E-state index contributed by atoms with van der Waals surface area (Å²) in [5, 5.41) is 12.7. The normalized spacial score (nSPS) is 20.2. The van der Waals surface area contributed by atoms with Gasteiger partial charge in [0.2, 0.25) is 23.1 Å². The zero-order valence-corrected chi connectivity index (χ0v) is 44.6. The van der Waals surface area contributed by atoms with Crippen LogP contribution >= 0.6 is 0 Å². The van der Waals surface area contributed by atoms with E-state index in [1.54, 1.807) is 97.7 Å². The van der Waals surface area contributed by atoms with Gasteiger partial charge in [-0.25, -0.2) is 0 Å². The first kappa shape index (κ1) is 52.6. The maximum absolute atomic E-state index is 13.2. The van der Waals surface area contributed by atoms with Gasteiger partial charge < -0.3 is 49.7 Å². The number of para-hydroxylation sites is 4. The molecule has 0 unspecified atom stereocenters. The average Bonchev–Trinajstić information content (AvgIpc) is 3.34. The molecule has 0 aromatic heterocycles. The summed E-state index contributed by atoms with van der Waals surface area (Å²) in [5.74, 6) is -0.549. The Labute approximate surface area is 420 Å². The van der Waals surface area contributed by atoms with E-state index in [4.69, 9.17) is 37.4 Å². The second kappa shape index (κ2) is 29.4. The van der Waals surface area contributed by atoms with Crippen molar-refractivity contribution in [3.8, 4) is 0 Å². The molecule has 348 valence electrons. The number of carbonyl (C=O) groups is 4. The molecule has 0 amide bonds. The van der Waals surface area contributed by atoms with E-state index in [0.29, 0.717) is 45.0 Å². The zero-order chi connectivity index (χ0) is 48.4. The van der Waals surface area contributed by atoms with Gasteiger partial charge in [-0.15, -0.1) is 0 Å². The van der Waals surface area contributed by atoms with Crippen LogP contribution in [0.2, 0.25) is 0 Å². The minimum atomic E-state index is -2.51. The van der Waals surface area contributed by atoms with Gasteiger partial charge >= 0.3 is 64.6 Å². The molecule has 0 atom stereocenters. The third-order valence-corrected chi connectivity index (χ3v) is 9.37. The molecule has 68 heavy (non-hydrogen) atoms.